The molecule has 0 bridgehead atoms. The minimum atomic E-state index is -0.0334. The second-order valence-corrected chi connectivity index (χ2v) is 19.4. The van der Waals surface area contributed by atoms with Gasteiger partial charge in [-0.1, -0.05) is 148 Å². The molecule has 0 radical (unpaired) electrons. The molecule has 0 atom stereocenters. The van der Waals surface area contributed by atoms with Crippen molar-refractivity contribution in [2.75, 3.05) is 0 Å². The molecule has 0 saturated heterocycles. The monoisotopic (exact) mass is 926 g/mol. The Morgan fingerprint density at radius 1 is 0.500 bits per heavy atom. The van der Waals surface area contributed by atoms with Crippen LogP contribution < -0.4 is 9.30 Å². The molecular formula is C65H46N6O. The smallest absolute Gasteiger partial charge is 0.269 e. The van der Waals surface area contributed by atoms with Gasteiger partial charge < -0.3 is 9.30 Å². The number of nitriles is 1. The lowest BCUT2D eigenvalue weighted by molar-refractivity contribution is -0.571. The molecule has 7 heteroatoms. The lowest BCUT2D eigenvalue weighted by Gasteiger charge is -2.20. The standard InChI is InChI=1S/C65H46N6O/c1-65(2,3)46-34-35-67-63(38-46)71-59-29-9-6-24-55(59)56-33-32-50(40-62(56)71)72-49-21-14-19-47(39-49)68-42-69(61-31-11-10-30-60(61)68)64-51(44-17-12-16-43(36-44)41-66)25-15-26-52(64)45-18-13-20-48(37-45)70-57-27-7-4-22-53(57)54-23-5-8-28-58(54)70/h4-40H,1-3H3. The van der Waals surface area contributed by atoms with Gasteiger partial charge in [-0.2, -0.15) is 5.26 Å². The van der Waals surface area contributed by atoms with E-state index in [1.165, 1.54) is 16.3 Å². The van der Waals surface area contributed by atoms with Gasteiger partial charge in [0.15, 0.2) is 0 Å². The number of hydrogen-bond acceptors (Lipinski definition) is 3. The highest BCUT2D eigenvalue weighted by atomic mass is 16.5. The summed E-state index contributed by atoms with van der Waals surface area (Å²) in [4.78, 5) is 4.89. The second-order valence-electron chi connectivity index (χ2n) is 19.4. The van der Waals surface area contributed by atoms with Crippen molar-refractivity contribution in [3.8, 4) is 62.7 Å². The zero-order valence-electron chi connectivity index (χ0n) is 40.0. The summed E-state index contributed by atoms with van der Waals surface area (Å²) in [5, 5.41) is 14.8. The highest BCUT2D eigenvalue weighted by Crippen LogP contribution is 2.39. The minimum absolute atomic E-state index is 0.0334. The molecule has 9 aromatic carbocycles. The number of rotatable bonds is 8. The Labute approximate surface area is 416 Å². The van der Waals surface area contributed by atoms with Crippen LogP contribution in [0.2, 0.25) is 0 Å². The van der Waals surface area contributed by atoms with Crippen molar-refractivity contribution in [2.24, 2.45) is 0 Å². The van der Waals surface area contributed by atoms with E-state index < -0.39 is 0 Å². The molecule has 0 amide bonds. The van der Waals surface area contributed by atoms with Crippen LogP contribution in [-0.2, 0) is 5.41 Å². The fourth-order valence-electron chi connectivity index (χ4n) is 10.5. The van der Waals surface area contributed by atoms with Crippen LogP contribution in [0.1, 0.15) is 31.9 Å². The van der Waals surface area contributed by atoms with Crippen molar-refractivity contribution in [3.63, 3.8) is 0 Å². The summed E-state index contributed by atoms with van der Waals surface area (Å²) in [5.41, 5.74) is 15.0. The Morgan fingerprint density at radius 3 is 1.79 bits per heavy atom. The van der Waals surface area contributed by atoms with Gasteiger partial charge in [0.2, 0.25) is 0 Å². The molecule has 13 aromatic rings. The number of imidazole rings is 1. The van der Waals surface area contributed by atoms with Crippen LogP contribution in [0.3, 0.4) is 0 Å². The zero-order chi connectivity index (χ0) is 48.5. The van der Waals surface area contributed by atoms with Gasteiger partial charge in [-0.3, -0.25) is 13.7 Å². The van der Waals surface area contributed by atoms with Crippen molar-refractivity contribution in [3.05, 3.63) is 242 Å². The normalized spacial score (nSPS) is 11.8. The summed E-state index contributed by atoms with van der Waals surface area (Å²) in [5.74, 6) is 2.28. The van der Waals surface area contributed by atoms with E-state index in [1.54, 1.807) is 0 Å². The van der Waals surface area contributed by atoms with Crippen LogP contribution in [0.5, 0.6) is 11.5 Å². The Bertz CT molecular complexity index is 4270. The SMILES string of the molecule is CC(C)(C)c1ccnc(-n2c3ccccc3c3ccc(Oc4cccc(-n5[c-][n+](-c6c(-c7cccc(C#N)c7)cccc6-c6cccc(-n7c8ccccc8c8ccccc87)c6)c6ccccc65)c4)cc32)c1. The number of ether oxygens (including phenoxy) is 1. The van der Waals surface area contributed by atoms with Crippen LogP contribution >= 0.6 is 0 Å². The third-order valence-electron chi connectivity index (χ3n) is 13.9. The summed E-state index contributed by atoms with van der Waals surface area (Å²) in [6.07, 6.45) is 5.74. The van der Waals surface area contributed by atoms with Crippen LogP contribution in [0.15, 0.2) is 225 Å². The van der Waals surface area contributed by atoms with Crippen molar-refractivity contribution in [1.82, 2.24) is 18.7 Å². The van der Waals surface area contributed by atoms with E-state index in [1.807, 2.05) is 42.6 Å². The Balaban J connectivity index is 0.945. The maximum absolute atomic E-state index is 10.1. The number of nitrogens with zero attached hydrogens (tertiary/aromatic N) is 6. The topological polar surface area (TPSA) is 64.6 Å². The summed E-state index contributed by atoms with van der Waals surface area (Å²) in [7, 11) is 0. The highest BCUT2D eigenvalue weighted by molar-refractivity contribution is 6.10. The average molecular weight is 927 g/mol. The summed E-state index contributed by atoms with van der Waals surface area (Å²) >= 11 is 0. The van der Waals surface area contributed by atoms with E-state index in [2.05, 4.69) is 233 Å². The molecule has 0 aliphatic carbocycles. The van der Waals surface area contributed by atoms with Crippen molar-refractivity contribution in [1.29, 1.82) is 5.26 Å². The molecule has 0 fully saturated rings. The summed E-state index contributed by atoms with van der Waals surface area (Å²) in [6, 6.07) is 78.4. The molecular weight excluding hydrogens is 881 g/mol. The number of benzene rings is 9. The maximum atomic E-state index is 10.1. The Kier molecular flexibility index (Phi) is 9.98. The van der Waals surface area contributed by atoms with Gasteiger partial charge in [0.25, 0.3) is 6.33 Å². The zero-order valence-corrected chi connectivity index (χ0v) is 40.0. The molecule has 13 rings (SSSR count). The van der Waals surface area contributed by atoms with E-state index in [0.717, 1.165) is 89.0 Å². The molecule has 4 aromatic heterocycles. The van der Waals surface area contributed by atoms with Gasteiger partial charge in [-0.25, -0.2) is 4.98 Å². The van der Waals surface area contributed by atoms with Crippen molar-refractivity contribution in [2.45, 2.75) is 26.2 Å². The number of fused-ring (bicyclic) bond motifs is 7. The fraction of sp³-hybridized carbons (Fsp3) is 0.0615. The molecule has 0 unspecified atom stereocenters. The first-order valence-electron chi connectivity index (χ1n) is 24.3. The lowest BCUT2D eigenvalue weighted by atomic mass is 9.88. The van der Waals surface area contributed by atoms with Crippen LogP contribution in [0, 0.1) is 17.7 Å². The predicted octanol–water partition coefficient (Wildman–Crippen LogP) is 15.6. The molecule has 0 spiro atoms. The maximum Gasteiger partial charge on any atom is 0.269 e. The third kappa shape index (κ3) is 7.11. The quantitative estimate of drug-likeness (QED) is 0.113. The van der Waals surface area contributed by atoms with Gasteiger partial charge in [0.1, 0.15) is 17.3 Å². The molecule has 0 aliphatic rings. The van der Waals surface area contributed by atoms with E-state index >= 15 is 0 Å². The van der Waals surface area contributed by atoms with Gasteiger partial charge in [0.05, 0.1) is 56.1 Å². The molecule has 7 nitrogen and oxygen atoms in total. The number of pyridine rings is 1. The van der Waals surface area contributed by atoms with E-state index in [-0.39, 0.29) is 5.41 Å². The first-order chi connectivity index (χ1) is 35.3. The Hall–Kier alpha value is -9.51. The van der Waals surface area contributed by atoms with Gasteiger partial charge >= 0.3 is 0 Å². The van der Waals surface area contributed by atoms with Crippen LogP contribution in [0.4, 0.5) is 0 Å². The largest absolute Gasteiger partial charge is 0.458 e. The lowest BCUT2D eigenvalue weighted by Crippen LogP contribution is -2.31. The molecule has 0 saturated carbocycles. The molecule has 342 valence electrons. The molecule has 0 aliphatic heterocycles. The predicted molar refractivity (Wildman–Crippen MR) is 291 cm³/mol. The van der Waals surface area contributed by atoms with Gasteiger partial charge in [-0.05, 0) is 118 Å². The Morgan fingerprint density at radius 2 is 1.08 bits per heavy atom. The first kappa shape index (κ1) is 42.6. The van der Waals surface area contributed by atoms with Gasteiger partial charge in [-0.15, -0.1) is 0 Å². The molecule has 0 N–H and O–H groups in total. The third-order valence-corrected chi connectivity index (χ3v) is 13.9. The first-order valence-corrected chi connectivity index (χ1v) is 24.3. The van der Waals surface area contributed by atoms with E-state index in [4.69, 9.17) is 9.72 Å². The van der Waals surface area contributed by atoms with Gasteiger partial charge in [0, 0.05) is 39.5 Å². The fourth-order valence-corrected chi connectivity index (χ4v) is 10.5. The molecule has 72 heavy (non-hydrogen) atoms. The highest BCUT2D eigenvalue weighted by Gasteiger charge is 2.22. The van der Waals surface area contributed by atoms with Crippen molar-refractivity contribution < 1.29 is 9.30 Å². The van der Waals surface area contributed by atoms with Crippen molar-refractivity contribution >= 4 is 54.6 Å². The second kappa shape index (κ2) is 16.9. The van der Waals surface area contributed by atoms with Crippen LogP contribution in [-0.4, -0.2) is 18.7 Å². The summed E-state index contributed by atoms with van der Waals surface area (Å²) < 4.78 is 15.7. The number of aromatic nitrogens is 5. The number of hydrogen-bond donors (Lipinski definition) is 0. The average Bonchev–Trinajstić information content (AvgIpc) is 4.09. The van der Waals surface area contributed by atoms with E-state index in [9.17, 15) is 5.26 Å². The number of para-hydroxylation sites is 6. The van der Waals surface area contributed by atoms with Crippen LogP contribution in [0.25, 0.3) is 99.8 Å². The molecule has 4 heterocycles. The van der Waals surface area contributed by atoms with E-state index in [0.29, 0.717) is 17.1 Å². The summed E-state index contributed by atoms with van der Waals surface area (Å²) in [6.45, 7) is 6.69. The minimum Gasteiger partial charge on any atom is -0.458 e.